The molecule has 1 fully saturated rings. The fraction of sp³-hybridized carbons (Fsp3) is 0.500. The Morgan fingerprint density at radius 2 is 2.10 bits per heavy atom. The van der Waals surface area contributed by atoms with E-state index in [0.29, 0.717) is 15.7 Å². The molecule has 0 heterocycles. The smallest absolute Gasteiger partial charge is 0.306 e. The van der Waals surface area contributed by atoms with Gasteiger partial charge in [-0.25, -0.2) is 8.42 Å². The first kappa shape index (κ1) is 16.3. The van der Waals surface area contributed by atoms with E-state index in [0.717, 1.165) is 12.8 Å². The van der Waals surface area contributed by atoms with Crippen LogP contribution < -0.4 is 5.73 Å². The van der Waals surface area contributed by atoms with Crippen LogP contribution in [-0.2, 0) is 25.1 Å². The molecule has 1 aromatic rings. The van der Waals surface area contributed by atoms with Crippen molar-refractivity contribution in [3.05, 3.63) is 28.2 Å². The Morgan fingerprint density at radius 3 is 2.67 bits per heavy atom. The normalized spacial score (nSPS) is 16.5. The Balaban J connectivity index is 2.09. The van der Waals surface area contributed by atoms with E-state index in [1.54, 1.807) is 18.2 Å². The van der Waals surface area contributed by atoms with Crippen molar-refractivity contribution < 1.29 is 17.9 Å². The second kappa shape index (κ2) is 5.96. The minimum atomic E-state index is -3.32. The number of anilines is 1. The molecule has 116 valence electrons. The number of nitrogen functional groups attached to an aromatic ring is 1. The lowest BCUT2D eigenvalue weighted by molar-refractivity contribution is -0.141. The van der Waals surface area contributed by atoms with Gasteiger partial charge < -0.3 is 10.5 Å². The van der Waals surface area contributed by atoms with Crippen LogP contribution in [0.5, 0.6) is 0 Å². The van der Waals surface area contributed by atoms with Gasteiger partial charge in [-0.1, -0.05) is 12.1 Å². The highest BCUT2D eigenvalue weighted by atomic mass is 79.9. The van der Waals surface area contributed by atoms with Crippen molar-refractivity contribution in [1.82, 2.24) is 0 Å². The van der Waals surface area contributed by atoms with Gasteiger partial charge in [0.2, 0.25) is 0 Å². The quantitative estimate of drug-likeness (QED) is 0.608. The molecule has 1 aromatic carbocycles. The molecule has 0 spiro atoms. The molecule has 0 radical (unpaired) electrons. The third-order valence-electron chi connectivity index (χ3n) is 3.71. The summed E-state index contributed by atoms with van der Waals surface area (Å²) in [4.78, 5) is 11.4. The van der Waals surface area contributed by atoms with E-state index in [9.17, 15) is 13.2 Å². The molecule has 0 atom stereocenters. The van der Waals surface area contributed by atoms with Gasteiger partial charge in [0.05, 0.1) is 25.0 Å². The van der Waals surface area contributed by atoms with Crippen molar-refractivity contribution in [1.29, 1.82) is 0 Å². The number of nitrogens with two attached hydrogens (primary N) is 1. The van der Waals surface area contributed by atoms with Crippen molar-refractivity contribution in [3.63, 3.8) is 0 Å². The van der Waals surface area contributed by atoms with Crippen molar-refractivity contribution in [2.45, 2.75) is 25.0 Å². The average molecular weight is 376 g/mol. The topological polar surface area (TPSA) is 86.5 Å². The minimum Gasteiger partial charge on any atom is -0.469 e. The SMILES string of the molecule is COC(=O)CC1(CS(=O)(=O)Cc2cccc(N)c2Br)CC1. The lowest BCUT2D eigenvalue weighted by Gasteiger charge is -2.15. The summed E-state index contributed by atoms with van der Waals surface area (Å²) in [6.07, 6.45) is 1.67. The second-order valence-corrected chi connectivity index (χ2v) is 8.46. The third-order valence-corrected chi connectivity index (χ3v) is 6.48. The lowest BCUT2D eigenvalue weighted by atomic mass is 10.1. The lowest BCUT2D eigenvalue weighted by Crippen LogP contribution is -2.22. The molecule has 1 aliphatic rings. The number of carbonyl (C=O) groups is 1. The first-order valence-electron chi connectivity index (χ1n) is 6.57. The van der Waals surface area contributed by atoms with Crippen molar-refractivity contribution in [2.75, 3.05) is 18.6 Å². The van der Waals surface area contributed by atoms with Gasteiger partial charge in [-0.3, -0.25) is 4.79 Å². The van der Waals surface area contributed by atoms with E-state index in [2.05, 4.69) is 20.7 Å². The summed E-state index contributed by atoms with van der Waals surface area (Å²) >= 11 is 3.32. The molecular weight excluding hydrogens is 358 g/mol. The monoisotopic (exact) mass is 375 g/mol. The molecule has 1 saturated carbocycles. The van der Waals surface area contributed by atoms with Gasteiger partial charge in [0.15, 0.2) is 9.84 Å². The summed E-state index contributed by atoms with van der Waals surface area (Å²) in [6.45, 7) is 0. The summed E-state index contributed by atoms with van der Waals surface area (Å²) in [5, 5.41) is 0. The largest absolute Gasteiger partial charge is 0.469 e. The maximum Gasteiger partial charge on any atom is 0.306 e. The van der Waals surface area contributed by atoms with Crippen LogP contribution in [0.2, 0.25) is 0 Å². The van der Waals surface area contributed by atoms with Gasteiger partial charge in [-0.2, -0.15) is 0 Å². The molecular formula is C14H18BrNO4S. The van der Waals surface area contributed by atoms with E-state index in [4.69, 9.17) is 5.73 Å². The highest BCUT2D eigenvalue weighted by molar-refractivity contribution is 9.10. The van der Waals surface area contributed by atoms with Gasteiger partial charge in [0.25, 0.3) is 0 Å². The molecule has 5 nitrogen and oxygen atoms in total. The molecule has 1 aliphatic carbocycles. The number of carbonyl (C=O) groups excluding carboxylic acids is 1. The number of halogens is 1. The maximum absolute atomic E-state index is 12.4. The fourth-order valence-electron chi connectivity index (χ4n) is 2.39. The summed E-state index contributed by atoms with van der Waals surface area (Å²) in [7, 11) is -2.00. The fourth-order valence-corrected chi connectivity index (χ4v) is 5.12. The van der Waals surface area contributed by atoms with Gasteiger partial charge in [0, 0.05) is 10.2 Å². The van der Waals surface area contributed by atoms with Crippen LogP contribution in [0.1, 0.15) is 24.8 Å². The molecule has 0 aliphatic heterocycles. The van der Waals surface area contributed by atoms with E-state index >= 15 is 0 Å². The first-order chi connectivity index (χ1) is 9.77. The Hall–Kier alpha value is -1.08. The average Bonchev–Trinajstić information content (AvgIpc) is 3.13. The Bertz CT molecular complexity index is 653. The molecule has 7 heteroatoms. The number of ether oxygens (including phenoxy) is 1. The van der Waals surface area contributed by atoms with Crippen LogP contribution >= 0.6 is 15.9 Å². The highest BCUT2D eigenvalue weighted by Crippen LogP contribution is 2.50. The van der Waals surface area contributed by atoms with E-state index in [1.165, 1.54) is 7.11 Å². The van der Waals surface area contributed by atoms with Crippen molar-refractivity contribution in [2.24, 2.45) is 5.41 Å². The predicted molar refractivity (Wildman–Crippen MR) is 84.3 cm³/mol. The zero-order valence-corrected chi connectivity index (χ0v) is 14.2. The second-order valence-electron chi connectivity index (χ2n) is 5.61. The van der Waals surface area contributed by atoms with Crippen LogP contribution in [0.3, 0.4) is 0 Å². The van der Waals surface area contributed by atoms with Crippen LogP contribution in [0.4, 0.5) is 5.69 Å². The predicted octanol–water partition coefficient (Wildman–Crippen LogP) is 2.29. The molecule has 0 amide bonds. The number of hydrogen-bond donors (Lipinski definition) is 1. The Kier molecular flexibility index (Phi) is 4.63. The molecule has 0 aromatic heterocycles. The zero-order chi connectivity index (χ0) is 15.7. The molecule has 0 saturated heterocycles. The third kappa shape index (κ3) is 4.20. The molecule has 2 rings (SSSR count). The van der Waals surface area contributed by atoms with E-state index < -0.39 is 15.3 Å². The highest BCUT2D eigenvalue weighted by Gasteiger charge is 2.47. The van der Waals surface area contributed by atoms with Crippen LogP contribution in [0, 0.1) is 5.41 Å². The number of methoxy groups -OCH3 is 1. The number of esters is 1. The first-order valence-corrected chi connectivity index (χ1v) is 9.18. The zero-order valence-electron chi connectivity index (χ0n) is 11.8. The standard InChI is InChI=1S/C14H18BrNO4S/c1-20-12(17)7-14(5-6-14)9-21(18,19)8-10-3-2-4-11(16)13(10)15/h2-4H,5-9,16H2,1H3. The number of sulfone groups is 1. The number of hydrogen-bond acceptors (Lipinski definition) is 5. The van der Waals surface area contributed by atoms with Crippen molar-refractivity contribution >= 4 is 37.4 Å². The summed E-state index contributed by atoms with van der Waals surface area (Å²) in [6, 6.07) is 5.17. The van der Waals surface area contributed by atoms with E-state index in [1.807, 2.05) is 0 Å². The molecule has 2 N–H and O–H groups in total. The van der Waals surface area contributed by atoms with Crippen LogP contribution in [-0.4, -0.2) is 27.2 Å². The summed E-state index contributed by atoms with van der Waals surface area (Å²) < 4.78 is 30.0. The summed E-state index contributed by atoms with van der Waals surface area (Å²) in [5.41, 5.74) is 6.48. The molecule has 21 heavy (non-hydrogen) atoms. The van der Waals surface area contributed by atoms with Crippen LogP contribution in [0.15, 0.2) is 22.7 Å². The molecule has 0 unspecified atom stereocenters. The van der Waals surface area contributed by atoms with Crippen LogP contribution in [0.25, 0.3) is 0 Å². The van der Waals surface area contributed by atoms with Gasteiger partial charge in [0.1, 0.15) is 0 Å². The van der Waals surface area contributed by atoms with Crippen molar-refractivity contribution in [3.8, 4) is 0 Å². The van der Waals surface area contributed by atoms with E-state index in [-0.39, 0.29) is 23.9 Å². The van der Waals surface area contributed by atoms with Gasteiger partial charge in [-0.05, 0) is 45.8 Å². The molecule has 0 bridgehead atoms. The minimum absolute atomic E-state index is 0.0103. The Morgan fingerprint density at radius 1 is 1.43 bits per heavy atom. The Labute approximate surface area is 132 Å². The number of rotatable bonds is 6. The maximum atomic E-state index is 12.4. The summed E-state index contributed by atoms with van der Waals surface area (Å²) in [5.74, 6) is -0.425. The number of benzene rings is 1. The van der Waals surface area contributed by atoms with Gasteiger partial charge >= 0.3 is 5.97 Å². The van der Waals surface area contributed by atoms with Gasteiger partial charge in [-0.15, -0.1) is 0 Å².